The van der Waals surface area contributed by atoms with E-state index >= 15 is 0 Å². The topological polar surface area (TPSA) is 65.2 Å². The Kier molecular flexibility index (Phi) is 2.84. The lowest BCUT2D eigenvalue weighted by atomic mass is 10.2. The van der Waals surface area contributed by atoms with E-state index in [2.05, 4.69) is 9.72 Å². The number of carbonyl (C=O) groups excluding carboxylic acids is 1. The highest BCUT2D eigenvalue weighted by atomic mass is 16.5. The van der Waals surface area contributed by atoms with Crippen LogP contribution in [0, 0.1) is 6.92 Å². The van der Waals surface area contributed by atoms with Crippen LogP contribution in [0.1, 0.15) is 11.3 Å². The Morgan fingerprint density at radius 3 is 2.92 bits per heavy atom. The van der Waals surface area contributed by atoms with E-state index in [1.165, 1.54) is 7.11 Å². The van der Waals surface area contributed by atoms with Gasteiger partial charge in [-0.2, -0.15) is 0 Å². The van der Waals surface area contributed by atoms with Gasteiger partial charge in [-0.15, -0.1) is 0 Å². The number of hydrogen-bond acceptors (Lipinski definition) is 4. The molecule has 0 bridgehead atoms. The minimum atomic E-state index is -0.287. The lowest BCUT2D eigenvalue weighted by molar-refractivity contribution is -0.139. The predicted molar refractivity (Wildman–Crippen MR) is 49.1 cm³/mol. The van der Waals surface area contributed by atoms with Gasteiger partial charge in [0, 0.05) is 6.20 Å². The standard InChI is InChI=1S/C9H12N2O2/c1-6-8(10)3-7(5-11-6)4-9(12)13-2/h3,5H,4,10H2,1-2H3. The van der Waals surface area contributed by atoms with Gasteiger partial charge in [-0.25, -0.2) is 0 Å². The van der Waals surface area contributed by atoms with Crippen LogP contribution in [0.25, 0.3) is 0 Å². The summed E-state index contributed by atoms with van der Waals surface area (Å²) >= 11 is 0. The third kappa shape index (κ3) is 2.43. The van der Waals surface area contributed by atoms with Gasteiger partial charge in [-0.3, -0.25) is 9.78 Å². The highest BCUT2D eigenvalue weighted by molar-refractivity contribution is 5.72. The predicted octanol–water partition coefficient (Wildman–Crippen LogP) is 0.688. The van der Waals surface area contributed by atoms with Gasteiger partial charge >= 0.3 is 5.97 Å². The molecule has 0 aromatic carbocycles. The van der Waals surface area contributed by atoms with Crippen LogP contribution in [0.15, 0.2) is 12.3 Å². The Balaban J connectivity index is 2.79. The van der Waals surface area contributed by atoms with Crippen LogP contribution in [0.4, 0.5) is 5.69 Å². The molecule has 0 amide bonds. The van der Waals surface area contributed by atoms with Crippen molar-refractivity contribution in [2.24, 2.45) is 0 Å². The van der Waals surface area contributed by atoms with Crippen molar-refractivity contribution >= 4 is 11.7 Å². The molecule has 70 valence electrons. The highest BCUT2D eigenvalue weighted by Crippen LogP contribution is 2.10. The second-order valence-electron chi connectivity index (χ2n) is 2.77. The number of carbonyl (C=O) groups is 1. The normalized spacial score (nSPS) is 9.69. The Morgan fingerprint density at radius 2 is 2.38 bits per heavy atom. The molecule has 0 radical (unpaired) electrons. The molecule has 0 spiro atoms. The molecule has 4 nitrogen and oxygen atoms in total. The number of nitrogens with zero attached hydrogens (tertiary/aromatic N) is 1. The molecule has 0 unspecified atom stereocenters. The number of anilines is 1. The number of nitrogens with two attached hydrogens (primary N) is 1. The molecule has 1 aromatic heterocycles. The minimum absolute atomic E-state index is 0.216. The molecule has 1 heterocycles. The van der Waals surface area contributed by atoms with E-state index in [1.54, 1.807) is 12.3 Å². The third-order valence-electron chi connectivity index (χ3n) is 1.76. The molecule has 0 fully saturated rings. The fourth-order valence-electron chi connectivity index (χ4n) is 0.931. The summed E-state index contributed by atoms with van der Waals surface area (Å²) in [6, 6.07) is 1.74. The molecule has 0 saturated carbocycles. The number of nitrogen functional groups attached to an aromatic ring is 1. The van der Waals surface area contributed by atoms with Crippen molar-refractivity contribution < 1.29 is 9.53 Å². The smallest absolute Gasteiger partial charge is 0.310 e. The summed E-state index contributed by atoms with van der Waals surface area (Å²) in [5, 5.41) is 0. The van der Waals surface area contributed by atoms with Crippen molar-refractivity contribution in [1.82, 2.24) is 4.98 Å². The number of ether oxygens (including phenoxy) is 1. The maximum Gasteiger partial charge on any atom is 0.310 e. The van der Waals surface area contributed by atoms with Crippen LogP contribution in [0.2, 0.25) is 0 Å². The number of aromatic nitrogens is 1. The first-order valence-electron chi connectivity index (χ1n) is 3.91. The van der Waals surface area contributed by atoms with Crippen LogP contribution >= 0.6 is 0 Å². The summed E-state index contributed by atoms with van der Waals surface area (Å²) in [4.78, 5) is 14.9. The highest BCUT2D eigenvalue weighted by Gasteiger charge is 2.04. The molecule has 13 heavy (non-hydrogen) atoms. The summed E-state index contributed by atoms with van der Waals surface area (Å²) < 4.78 is 4.52. The van der Waals surface area contributed by atoms with Crippen LogP contribution in [0.5, 0.6) is 0 Å². The van der Waals surface area contributed by atoms with Gasteiger partial charge in [0.25, 0.3) is 0 Å². The molecule has 0 aliphatic rings. The third-order valence-corrected chi connectivity index (χ3v) is 1.76. The first kappa shape index (κ1) is 9.51. The molecule has 2 N–H and O–H groups in total. The van der Waals surface area contributed by atoms with Crippen molar-refractivity contribution in [3.63, 3.8) is 0 Å². The molecule has 1 rings (SSSR count). The largest absolute Gasteiger partial charge is 0.469 e. The molecule has 0 atom stereocenters. The number of pyridine rings is 1. The molecule has 1 aromatic rings. The van der Waals surface area contributed by atoms with Crippen molar-refractivity contribution in [3.05, 3.63) is 23.5 Å². The Bertz CT molecular complexity index is 323. The number of rotatable bonds is 2. The summed E-state index contributed by atoms with van der Waals surface area (Å²) in [5.41, 5.74) is 7.77. The van der Waals surface area contributed by atoms with Gasteiger partial charge < -0.3 is 10.5 Å². The second-order valence-corrected chi connectivity index (χ2v) is 2.77. The van der Waals surface area contributed by atoms with Crippen LogP contribution in [-0.2, 0) is 16.0 Å². The maximum atomic E-state index is 10.9. The van der Waals surface area contributed by atoms with E-state index in [0.29, 0.717) is 5.69 Å². The quantitative estimate of drug-likeness (QED) is 0.680. The first-order valence-corrected chi connectivity index (χ1v) is 3.91. The van der Waals surface area contributed by atoms with E-state index in [-0.39, 0.29) is 12.4 Å². The number of esters is 1. The van der Waals surface area contributed by atoms with Crippen molar-refractivity contribution in [3.8, 4) is 0 Å². The van der Waals surface area contributed by atoms with Crippen LogP contribution < -0.4 is 5.73 Å². The van der Waals surface area contributed by atoms with Crippen molar-refractivity contribution in [2.45, 2.75) is 13.3 Å². The fraction of sp³-hybridized carbons (Fsp3) is 0.333. The Hall–Kier alpha value is -1.58. The van der Waals surface area contributed by atoms with Crippen molar-refractivity contribution in [2.75, 3.05) is 12.8 Å². The summed E-state index contributed by atoms with van der Waals surface area (Å²) in [6.07, 6.45) is 1.84. The number of methoxy groups -OCH3 is 1. The summed E-state index contributed by atoms with van der Waals surface area (Å²) in [6.45, 7) is 1.82. The average Bonchev–Trinajstić information content (AvgIpc) is 2.11. The minimum Gasteiger partial charge on any atom is -0.469 e. The fourth-order valence-corrected chi connectivity index (χ4v) is 0.931. The summed E-state index contributed by atoms with van der Waals surface area (Å²) in [5.74, 6) is -0.287. The zero-order chi connectivity index (χ0) is 9.84. The molecule has 0 aliphatic heterocycles. The monoisotopic (exact) mass is 180 g/mol. The zero-order valence-electron chi connectivity index (χ0n) is 7.70. The SMILES string of the molecule is COC(=O)Cc1cnc(C)c(N)c1. The second kappa shape index (κ2) is 3.89. The van der Waals surface area contributed by atoms with E-state index in [4.69, 9.17) is 5.73 Å². The lowest BCUT2D eigenvalue weighted by Crippen LogP contribution is -2.05. The van der Waals surface area contributed by atoms with Gasteiger partial charge in [0.2, 0.25) is 0 Å². The number of aryl methyl sites for hydroxylation is 1. The molecule has 4 heteroatoms. The van der Waals surface area contributed by atoms with E-state index < -0.39 is 0 Å². The Labute approximate surface area is 76.7 Å². The van der Waals surface area contributed by atoms with Gasteiger partial charge in [0.05, 0.1) is 24.9 Å². The van der Waals surface area contributed by atoms with Crippen LogP contribution in [0.3, 0.4) is 0 Å². The van der Waals surface area contributed by atoms with Gasteiger partial charge in [-0.05, 0) is 18.6 Å². The van der Waals surface area contributed by atoms with Crippen LogP contribution in [-0.4, -0.2) is 18.1 Å². The summed E-state index contributed by atoms with van der Waals surface area (Å²) in [7, 11) is 1.35. The average molecular weight is 180 g/mol. The maximum absolute atomic E-state index is 10.9. The van der Waals surface area contributed by atoms with Gasteiger partial charge in [0.1, 0.15) is 0 Å². The molecule has 0 saturated heterocycles. The molecule has 0 aliphatic carbocycles. The lowest BCUT2D eigenvalue weighted by Gasteiger charge is -2.02. The zero-order valence-corrected chi connectivity index (χ0v) is 7.70. The van der Waals surface area contributed by atoms with Gasteiger partial charge in [-0.1, -0.05) is 0 Å². The van der Waals surface area contributed by atoms with Gasteiger partial charge in [0.15, 0.2) is 0 Å². The van der Waals surface area contributed by atoms with E-state index in [1.807, 2.05) is 6.92 Å². The van der Waals surface area contributed by atoms with Crippen molar-refractivity contribution in [1.29, 1.82) is 0 Å². The van der Waals surface area contributed by atoms with E-state index in [9.17, 15) is 4.79 Å². The first-order chi connectivity index (χ1) is 6.13. The molecular weight excluding hydrogens is 168 g/mol. The molecular formula is C9H12N2O2. The Morgan fingerprint density at radius 1 is 1.69 bits per heavy atom. The van der Waals surface area contributed by atoms with E-state index in [0.717, 1.165) is 11.3 Å². The number of hydrogen-bond donors (Lipinski definition) is 1.